The van der Waals surface area contributed by atoms with Gasteiger partial charge in [-0.1, -0.05) is 18.2 Å². The number of likely N-dealkylation sites (tertiary alicyclic amines) is 1. The van der Waals surface area contributed by atoms with Gasteiger partial charge in [0.15, 0.2) is 0 Å². The Hall–Kier alpha value is -3.15. The van der Waals surface area contributed by atoms with Gasteiger partial charge in [-0.15, -0.1) is 0 Å². The number of benzene rings is 1. The molecule has 2 aromatic heterocycles. The first kappa shape index (κ1) is 18.2. The van der Waals surface area contributed by atoms with Crippen molar-refractivity contribution in [2.45, 2.75) is 31.7 Å². The molecule has 0 aliphatic carbocycles. The zero-order valence-electron chi connectivity index (χ0n) is 15.9. The molecule has 4 rings (SSSR count). The number of carbonyl (C=O) groups is 1. The molecule has 144 valence electrons. The fourth-order valence-corrected chi connectivity index (χ4v) is 3.61. The van der Waals surface area contributed by atoms with Crippen molar-refractivity contribution in [3.05, 3.63) is 77.8 Å². The molecule has 0 unspecified atom stereocenters. The van der Waals surface area contributed by atoms with E-state index >= 15 is 0 Å². The molecule has 28 heavy (non-hydrogen) atoms. The number of pyridine rings is 1. The van der Waals surface area contributed by atoms with Gasteiger partial charge in [-0.2, -0.15) is 0 Å². The predicted molar refractivity (Wildman–Crippen MR) is 104 cm³/mol. The summed E-state index contributed by atoms with van der Waals surface area (Å²) in [4.78, 5) is 23.5. The molecule has 0 bridgehead atoms. The van der Waals surface area contributed by atoms with Gasteiger partial charge >= 0.3 is 0 Å². The van der Waals surface area contributed by atoms with Gasteiger partial charge in [-0.3, -0.25) is 9.78 Å². The first-order valence-corrected chi connectivity index (χ1v) is 9.54. The summed E-state index contributed by atoms with van der Waals surface area (Å²) in [5, 5.41) is 0. The zero-order chi connectivity index (χ0) is 19.3. The highest BCUT2D eigenvalue weighted by Gasteiger charge is 2.32. The number of carbonyl (C=O) groups excluding carboxylic acids is 1. The molecule has 3 aromatic rings. The number of ether oxygens (including phenoxy) is 1. The van der Waals surface area contributed by atoms with Crippen molar-refractivity contribution in [2.75, 3.05) is 13.7 Å². The van der Waals surface area contributed by atoms with E-state index in [9.17, 15) is 4.79 Å². The minimum Gasteiger partial charge on any atom is -0.497 e. The van der Waals surface area contributed by atoms with Crippen LogP contribution in [0.5, 0.6) is 5.75 Å². The Morgan fingerprint density at radius 3 is 2.96 bits per heavy atom. The molecule has 1 fully saturated rings. The summed E-state index contributed by atoms with van der Waals surface area (Å²) in [5.74, 6) is 2.12. The number of nitrogens with zero attached hydrogens (tertiary/aromatic N) is 3. The van der Waals surface area contributed by atoms with Crippen LogP contribution in [-0.4, -0.2) is 34.4 Å². The maximum Gasteiger partial charge on any atom is 0.273 e. The number of aromatic nitrogens is 2. The van der Waals surface area contributed by atoms with Crippen molar-refractivity contribution in [2.24, 2.45) is 0 Å². The van der Waals surface area contributed by atoms with E-state index in [-0.39, 0.29) is 11.9 Å². The lowest BCUT2D eigenvalue weighted by Gasteiger charge is -2.33. The first-order chi connectivity index (χ1) is 13.7. The molecule has 0 saturated carbocycles. The molecule has 1 aliphatic rings. The van der Waals surface area contributed by atoms with E-state index in [1.807, 2.05) is 41.3 Å². The van der Waals surface area contributed by atoms with Gasteiger partial charge in [0, 0.05) is 19.2 Å². The molecular formula is C22H23N3O3. The highest BCUT2D eigenvalue weighted by molar-refractivity contribution is 5.92. The molecule has 0 radical (unpaired) electrons. The van der Waals surface area contributed by atoms with Crippen LogP contribution in [0.2, 0.25) is 0 Å². The fraction of sp³-hybridized carbons (Fsp3) is 0.318. The molecule has 1 atom stereocenters. The number of rotatable bonds is 5. The van der Waals surface area contributed by atoms with Crippen LogP contribution in [-0.2, 0) is 6.42 Å². The lowest BCUT2D eigenvalue weighted by molar-refractivity contribution is 0.0564. The van der Waals surface area contributed by atoms with Gasteiger partial charge in [0.25, 0.3) is 5.91 Å². The van der Waals surface area contributed by atoms with Crippen molar-refractivity contribution >= 4 is 5.91 Å². The summed E-state index contributed by atoms with van der Waals surface area (Å²) in [6.07, 6.45) is 6.90. The van der Waals surface area contributed by atoms with Gasteiger partial charge in [0.1, 0.15) is 23.2 Å². The summed E-state index contributed by atoms with van der Waals surface area (Å²) < 4.78 is 11.3. The van der Waals surface area contributed by atoms with Crippen LogP contribution in [0.4, 0.5) is 0 Å². The molecule has 1 saturated heterocycles. The van der Waals surface area contributed by atoms with Crippen LogP contribution in [0.1, 0.15) is 53.0 Å². The Morgan fingerprint density at radius 1 is 1.21 bits per heavy atom. The monoisotopic (exact) mass is 377 g/mol. The smallest absolute Gasteiger partial charge is 0.273 e. The Morgan fingerprint density at radius 2 is 2.14 bits per heavy atom. The third kappa shape index (κ3) is 3.91. The van der Waals surface area contributed by atoms with E-state index in [2.05, 4.69) is 9.97 Å². The Kier molecular flexibility index (Phi) is 5.37. The largest absolute Gasteiger partial charge is 0.497 e. The lowest BCUT2D eigenvalue weighted by Crippen LogP contribution is -2.39. The topological polar surface area (TPSA) is 68.5 Å². The van der Waals surface area contributed by atoms with E-state index in [0.29, 0.717) is 24.6 Å². The molecule has 6 heteroatoms. The van der Waals surface area contributed by atoms with Crippen molar-refractivity contribution < 1.29 is 13.9 Å². The highest BCUT2D eigenvalue weighted by atomic mass is 16.5. The van der Waals surface area contributed by atoms with Crippen molar-refractivity contribution in [3.63, 3.8) is 0 Å². The van der Waals surface area contributed by atoms with Gasteiger partial charge in [0.05, 0.1) is 13.3 Å². The van der Waals surface area contributed by atoms with Gasteiger partial charge in [-0.05, 0) is 49.1 Å². The Bertz CT molecular complexity index is 939. The molecular weight excluding hydrogens is 354 g/mol. The lowest BCUT2D eigenvalue weighted by atomic mass is 10.0. The molecule has 1 aromatic carbocycles. The molecule has 3 heterocycles. The maximum atomic E-state index is 12.9. The Balaban J connectivity index is 1.53. The second-order valence-electron chi connectivity index (χ2n) is 6.92. The average molecular weight is 377 g/mol. The van der Waals surface area contributed by atoms with E-state index in [1.54, 1.807) is 25.6 Å². The molecule has 6 nitrogen and oxygen atoms in total. The number of piperidine rings is 1. The number of methoxy groups -OCH3 is 1. The van der Waals surface area contributed by atoms with E-state index in [0.717, 1.165) is 36.3 Å². The summed E-state index contributed by atoms with van der Waals surface area (Å²) in [7, 11) is 1.65. The first-order valence-electron chi connectivity index (χ1n) is 9.54. The SMILES string of the molecule is COc1cccc(Cc2cnc([C@@H]3CCCCN3C(=O)c3ccccn3)o2)c1. The van der Waals surface area contributed by atoms with Crippen molar-refractivity contribution in [3.8, 4) is 5.75 Å². The van der Waals surface area contributed by atoms with Crippen LogP contribution in [0.25, 0.3) is 0 Å². The molecule has 1 amide bonds. The van der Waals surface area contributed by atoms with Crippen molar-refractivity contribution in [1.82, 2.24) is 14.9 Å². The second kappa shape index (κ2) is 8.25. The van der Waals surface area contributed by atoms with E-state index < -0.39 is 0 Å². The maximum absolute atomic E-state index is 12.9. The predicted octanol–water partition coefficient (Wildman–Crippen LogP) is 4.04. The minimum atomic E-state index is -0.151. The third-order valence-electron chi connectivity index (χ3n) is 5.02. The molecule has 0 spiro atoms. The summed E-state index contributed by atoms with van der Waals surface area (Å²) >= 11 is 0. The van der Waals surface area contributed by atoms with Crippen molar-refractivity contribution in [1.29, 1.82) is 0 Å². The van der Waals surface area contributed by atoms with Crippen LogP contribution < -0.4 is 4.74 Å². The van der Waals surface area contributed by atoms with Crippen LogP contribution in [0, 0.1) is 0 Å². The zero-order valence-corrected chi connectivity index (χ0v) is 15.9. The molecule has 0 N–H and O–H groups in total. The molecule has 1 aliphatic heterocycles. The highest BCUT2D eigenvalue weighted by Crippen LogP contribution is 2.32. The summed E-state index contributed by atoms with van der Waals surface area (Å²) in [6, 6.07) is 13.1. The minimum absolute atomic E-state index is 0.0714. The normalized spacial score (nSPS) is 16.8. The van der Waals surface area contributed by atoms with Gasteiger partial charge < -0.3 is 14.1 Å². The third-order valence-corrected chi connectivity index (χ3v) is 5.02. The van der Waals surface area contributed by atoms with E-state index in [1.165, 1.54) is 0 Å². The summed E-state index contributed by atoms with van der Waals surface area (Å²) in [6.45, 7) is 0.688. The number of hydrogen-bond donors (Lipinski definition) is 0. The number of amides is 1. The second-order valence-corrected chi connectivity index (χ2v) is 6.92. The van der Waals surface area contributed by atoms with Gasteiger partial charge in [0.2, 0.25) is 5.89 Å². The van der Waals surface area contributed by atoms with Crippen LogP contribution in [0.15, 0.2) is 59.3 Å². The fourth-order valence-electron chi connectivity index (χ4n) is 3.61. The quantitative estimate of drug-likeness (QED) is 0.671. The summed E-state index contributed by atoms with van der Waals surface area (Å²) in [5.41, 5.74) is 1.55. The van der Waals surface area contributed by atoms with E-state index in [4.69, 9.17) is 9.15 Å². The van der Waals surface area contributed by atoms with Crippen LogP contribution >= 0.6 is 0 Å². The Labute approximate surface area is 164 Å². The van der Waals surface area contributed by atoms with Crippen LogP contribution in [0.3, 0.4) is 0 Å². The number of oxazole rings is 1. The average Bonchev–Trinajstić information content (AvgIpc) is 3.22. The standard InChI is InChI=1S/C22H23N3O3/c1-27-17-8-6-7-16(13-17)14-18-15-24-21(28-18)20-10-3-5-12-25(20)22(26)19-9-2-4-11-23-19/h2,4,6-9,11,13,15,20H,3,5,10,12,14H2,1H3/t20-/m0/s1. The number of hydrogen-bond acceptors (Lipinski definition) is 5. The van der Waals surface area contributed by atoms with Gasteiger partial charge in [-0.25, -0.2) is 4.98 Å².